The van der Waals surface area contributed by atoms with Gasteiger partial charge in [0, 0.05) is 17.1 Å². The smallest absolute Gasteiger partial charge is 0.250 e. The van der Waals surface area contributed by atoms with Gasteiger partial charge in [-0.05, 0) is 37.3 Å². The molecule has 6 nitrogen and oxygen atoms in total. The molecular weight excluding hydrogens is 326 g/mol. The van der Waals surface area contributed by atoms with Gasteiger partial charge in [-0.2, -0.15) is 0 Å². The van der Waals surface area contributed by atoms with Gasteiger partial charge in [0.15, 0.2) is 5.82 Å². The second kappa shape index (κ2) is 5.28. The van der Waals surface area contributed by atoms with E-state index < -0.39 is 5.91 Å². The monoisotopic (exact) mass is 337 g/mol. The molecule has 0 aliphatic rings. The number of pyridine rings is 1. The highest BCUT2D eigenvalue weighted by Gasteiger charge is 2.15. The van der Waals surface area contributed by atoms with Gasteiger partial charge >= 0.3 is 0 Å². The molecule has 0 aliphatic carbocycles. The van der Waals surface area contributed by atoms with Crippen LogP contribution in [0.2, 0.25) is 5.15 Å². The maximum atomic E-state index is 11.5. The average Bonchev–Trinajstić information content (AvgIpc) is 2.99. The third kappa shape index (κ3) is 2.28. The molecule has 0 atom stereocenters. The molecule has 3 heterocycles. The maximum Gasteiger partial charge on any atom is 0.250 e. The maximum absolute atomic E-state index is 11.5. The molecule has 1 aromatic carbocycles. The Bertz CT molecular complexity index is 1120. The zero-order valence-electron chi connectivity index (χ0n) is 12.7. The van der Waals surface area contributed by atoms with Crippen LogP contribution in [-0.4, -0.2) is 25.8 Å². The second-order valence-corrected chi connectivity index (χ2v) is 5.85. The lowest BCUT2D eigenvalue weighted by Crippen LogP contribution is -2.10. The Kier molecular flexibility index (Phi) is 3.21. The summed E-state index contributed by atoms with van der Waals surface area (Å²) in [6, 6.07) is 9.37. The van der Waals surface area contributed by atoms with Crippen molar-refractivity contribution < 1.29 is 4.79 Å². The van der Waals surface area contributed by atoms with Crippen molar-refractivity contribution in [2.75, 3.05) is 0 Å². The van der Waals surface area contributed by atoms with Crippen molar-refractivity contribution in [3.05, 3.63) is 52.9 Å². The number of carbonyl (C=O) groups excluding carboxylic acids is 1. The van der Waals surface area contributed by atoms with Crippen molar-refractivity contribution >= 4 is 39.4 Å². The summed E-state index contributed by atoms with van der Waals surface area (Å²) in [7, 11) is 0. The Morgan fingerprint density at radius 3 is 2.79 bits per heavy atom. The number of H-pyrrole nitrogens is 1. The zero-order chi connectivity index (χ0) is 16.8. The molecule has 0 spiro atoms. The van der Waals surface area contributed by atoms with Gasteiger partial charge in [-0.15, -0.1) is 0 Å². The molecule has 4 aromatic rings. The van der Waals surface area contributed by atoms with Crippen molar-refractivity contribution in [2.24, 2.45) is 5.73 Å². The second-order valence-electron chi connectivity index (χ2n) is 5.46. The van der Waals surface area contributed by atoms with Gasteiger partial charge in [-0.3, -0.25) is 4.79 Å². The van der Waals surface area contributed by atoms with Crippen molar-refractivity contribution in [2.45, 2.75) is 6.92 Å². The van der Waals surface area contributed by atoms with Crippen molar-refractivity contribution in [1.82, 2.24) is 19.9 Å². The number of aromatic amines is 1. The first-order valence-electron chi connectivity index (χ1n) is 7.25. The number of rotatable bonds is 2. The van der Waals surface area contributed by atoms with Crippen LogP contribution in [-0.2, 0) is 0 Å². The number of fused-ring (bicyclic) bond motifs is 2. The number of halogens is 1. The summed E-state index contributed by atoms with van der Waals surface area (Å²) in [6.45, 7) is 1.83. The van der Waals surface area contributed by atoms with Gasteiger partial charge in [0.2, 0.25) is 0 Å². The Hall–Kier alpha value is -2.99. The highest BCUT2D eigenvalue weighted by atomic mass is 35.5. The largest absolute Gasteiger partial charge is 0.366 e. The number of amides is 1. The molecule has 3 N–H and O–H groups in total. The molecule has 4 rings (SSSR count). The van der Waals surface area contributed by atoms with E-state index in [1.165, 1.54) is 0 Å². The van der Waals surface area contributed by atoms with E-state index in [1.54, 1.807) is 12.3 Å². The number of nitrogens with zero attached hydrogens (tertiary/aromatic N) is 3. The third-order valence-electron chi connectivity index (χ3n) is 3.89. The minimum absolute atomic E-state index is 0.395. The van der Waals surface area contributed by atoms with Crippen LogP contribution in [0.1, 0.15) is 16.1 Å². The third-order valence-corrected chi connectivity index (χ3v) is 4.10. The highest BCUT2D eigenvalue weighted by Crippen LogP contribution is 2.26. The average molecular weight is 338 g/mol. The minimum Gasteiger partial charge on any atom is -0.366 e. The lowest BCUT2D eigenvalue weighted by molar-refractivity contribution is 0.100. The van der Waals surface area contributed by atoms with Gasteiger partial charge in [-0.1, -0.05) is 11.6 Å². The van der Waals surface area contributed by atoms with Crippen molar-refractivity contribution in [1.29, 1.82) is 0 Å². The predicted octanol–water partition coefficient (Wildman–Crippen LogP) is 3.23. The molecule has 0 unspecified atom stereocenters. The lowest BCUT2D eigenvalue weighted by atomic mass is 10.1. The quantitative estimate of drug-likeness (QED) is 0.549. The lowest BCUT2D eigenvalue weighted by Gasteiger charge is -2.05. The summed E-state index contributed by atoms with van der Waals surface area (Å²) >= 11 is 5.91. The van der Waals surface area contributed by atoms with Gasteiger partial charge in [0.05, 0.1) is 22.2 Å². The molecule has 0 saturated heterocycles. The van der Waals surface area contributed by atoms with Crippen LogP contribution in [0, 0.1) is 6.92 Å². The fourth-order valence-corrected chi connectivity index (χ4v) is 2.93. The molecule has 118 valence electrons. The first-order chi connectivity index (χ1) is 11.5. The van der Waals surface area contributed by atoms with Gasteiger partial charge in [0.1, 0.15) is 10.8 Å². The van der Waals surface area contributed by atoms with Crippen LogP contribution in [0.25, 0.3) is 33.3 Å². The van der Waals surface area contributed by atoms with Crippen LogP contribution in [0.5, 0.6) is 0 Å². The van der Waals surface area contributed by atoms with Crippen LogP contribution < -0.4 is 5.73 Å². The molecule has 7 heteroatoms. The Labute approximate surface area is 141 Å². The molecule has 0 fully saturated rings. The van der Waals surface area contributed by atoms with E-state index in [0.29, 0.717) is 33.3 Å². The van der Waals surface area contributed by atoms with E-state index in [-0.39, 0.29) is 0 Å². The van der Waals surface area contributed by atoms with Crippen molar-refractivity contribution in [3.8, 4) is 11.4 Å². The van der Waals surface area contributed by atoms with Crippen LogP contribution >= 0.6 is 11.6 Å². The summed E-state index contributed by atoms with van der Waals surface area (Å²) < 4.78 is 0. The standard InChI is InChI=1S/C17H12ClN5O/c1-8-14-11(15(19)24)7-20-17(14)23-16(21-8)10-2-4-12-9(6-10)3-5-13(18)22-12/h2-7H,1H3,(H2,19,24)(H,20,21,23). The van der Waals surface area contributed by atoms with E-state index in [9.17, 15) is 4.79 Å². The fourth-order valence-electron chi connectivity index (χ4n) is 2.78. The SMILES string of the molecule is Cc1nc(-c2ccc3nc(Cl)ccc3c2)nc2[nH]cc(C(N)=O)c12. The van der Waals surface area contributed by atoms with Gasteiger partial charge in [-0.25, -0.2) is 15.0 Å². The number of hydrogen-bond donors (Lipinski definition) is 2. The number of benzene rings is 1. The van der Waals surface area contributed by atoms with E-state index in [1.807, 2.05) is 31.2 Å². The number of primary amides is 1. The number of nitrogens with two attached hydrogens (primary N) is 1. The number of carbonyl (C=O) groups is 1. The van der Waals surface area contributed by atoms with Crippen molar-refractivity contribution in [3.63, 3.8) is 0 Å². The molecule has 3 aromatic heterocycles. The van der Waals surface area contributed by atoms with E-state index >= 15 is 0 Å². The number of aromatic nitrogens is 4. The first-order valence-corrected chi connectivity index (χ1v) is 7.63. The Morgan fingerprint density at radius 1 is 1.17 bits per heavy atom. The molecule has 0 aliphatic heterocycles. The normalized spacial score (nSPS) is 11.2. The number of aryl methyl sites for hydroxylation is 1. The fraction of sp³-hybridized carbons (Fsp3) is 0.0588. The van der Waals surface area contributed by atoms with Gasteiger partial charge in [0.25, 0.3) is 5.91 Å². The summed E-state index contributed by atoms with van der Waals surface area (Å²) in [5.74, 6) is 0.0593. The molecule has 0 bridgehead atoms. The Morgan fingerprint density at radius 2 is 2.00 bits per heavy atom. The summed E-state index contributed by atoms with van der Waals surface area (Å²) in [6.07, 6.45) is 1.56. The zero-order valence-corrected chi connectivity index (χ0v) is 13.4. The molecule has 0 radical (unpaired) electrons. The van der Waals surface area contributed by atoms with E-state index in [4.69, 9.17) is 17.3 Å². The summed E-state index contributed by atoms with van der Waals surface area (Å²) in [4.78, 5) is 27.8. The Balaban J connectivity index is 1.90. The molecular formula is C17H12ClN5O. The predicted molar refractivity (Wildman–Crippen MR) is 92.9 cm³/mol. The first kappa shape index (κ1) is 14.6. The highest BCUT2D eigenvalue weighted by molar-refractivity contribution is 6.29. The molecule has 24 heavy (non-hydrogen) atoms. The van der Waals surface area contributed by atoms with Crippen LogP contribution in [0.3, 0.4) is 0 Å². The molecule has 1 amide bonds. The summed E-state index contributed by atoms with van der Waals surface area (Å²) in [5, 5.41) is 2.05. The molecule has 0 saturated carbocycles. The topological polar surface area (TPSA) is 97.6 Å². The number of hydrogen-bond acceptors (Lipinski definition) is 4. The van der Waals surface area contributed by atoms with E-state index in [2.05, 4.69) is 19.9 Å². The van der Waals surface area contributed by atoms with Crippen LogP contribution in [0.15, 0.2) is 36.5 Å². The number of nitrogens with one attached hydrogen (secondary N) is 1. The van der Waals surface area contributed by atoms with E-state index in [0.717, 1.165) is 16.5 Å². The summed E-state index contributed by atoms with van der Waals surface area (Å²) in [5.41, 5.74) is 8.72. The van der Waals surface area contributed by atoms with Crippen LogP contribution in [0.4, 0.5) is 0 Å². The van der Waals surface area contributed by atoms with Gasteiger partial charge < -0.3 is 10.7 Å². The minimum atomic E-state index is -0.505.